The molecule has 3 heterocycles. The van der Waals surface area contributed by atoms with Crippen molar-refractivity contribution in [2.45, 2.75) is 25.2 Å². The predicted octanol–water partition coefficient (Wildman–Crippen LogP) is 1.31. The summed E-state index contributed by atoms with van der Waals surface area (Å²) < 4.78 is 5.69. The molecule has 0 saturated carbocycles. The highest BCUT2D eigenvalue weighted by molar-refractivity contribution is 5.81. The van der Waals surface area contributed by atoms with Crippen LogP contribution in [0.4, 0.5) is 0 Å². The highest BCUT2D eigenvalue weighted by Crippen LogP contribution is 2.28. The van der Waals surface area contributed by atoms with Crippen molar-refractivity contribution in [1.29, 1.82) is 0 Å². The molecule has 8 nitrogen and oxygen atoms in total. The number of rotatable bonds is 5. The van der Waals surface area contributed by atoms with Crippen LogP contribution in [0.5, 0.6) is 0 Å². The number of carboxylic acids is 1. The van der Waals surface area contributed by atoms with Crippen LogP contribution >= 0.6 is 0 Å². The van der Waals surface area contributed by atoms with Crippen LogP contribution < -0.4 is 0 Å². The Hall–Kier alpha value is -2.77. The van der Waals surface area contributed by atoms with Crippen molar-refractivity contribution in [3.63, 3.8) is 0 Å². The zero-order valence-electron chi connectivity index (χ0n) is 12.4. The second-order valence-electron chi connectivity index (χ2n) is 5.41. The van der Waals surface area contributed by atoms with Crippen LogP contribution in [0.2, 0.25) is 0 Å². The first kappa shape index (κ1) is 15.1. The standard InChI is InChI=1S/C15H16N4O4/c20-12(3-4-13(21)22)19-7-5-11(9-19)15-18-17-14(23-15)10-2-1-6-16-8-10/h1-2,6,8,11H,3-5,7,9H2,(H,21,22)/t11-/m0/s1. The number of aromatic nitrogens is 3. The first-order valence-electron chi connectivity index (χ1n) is 7.37. The summed E-state index contributed by atoms with van der Waals surface area (Å²) >= 11 is 0. The lowest BCUT2D eigenvalue weighted by molar-refractivity contribution is -0.140. The average molecular weight is 316 g/mol. The predicted molar refractivity (Wildman–Crippen MR) is 78.3 cm³/mol. The quantitative estimate of drug-likeness (QED) is 0.885. The van der Waals surface area contributed by atoms with E-state index in [0.29, 0.717) is 24.9 Å². The highest BCUT2D eigenvalue weighted by Gasteiger charge is 2.31. The van der Waals surface area contributed by atoms with E-state index in [9.17, 15) is 9.59 Å². The Morgan fingerprint density at radius 1 is 1.35 bits per heavy atom. The molecular formula is C15H16N4O4. The molecule has 2 aromatic rings. The van der Waals surface area contributed by atoms with E-state index in [1.807, 2.05) is 6.07 Å². The summed E-state index contributed by atoms with van der Waals surface area (Å²) in [5.74, 6) is -0.225. The van der Waals surface area contributed by atoms with Gasteiger partial charge >= 0.3 is 5.97 Å². The fraction of sp³-hybridized carbons (Fsp3) is 0.400. The van der Waals surface area contributed by atoms with Gasteiger partial charge in [-0.3, -0.25) is 14.6 Å². The van der Waals surface area contributed by atoms with E-state index in [1.165, 1.54) is 0 Å². The molecule has 2 aromatic heterocycles. The molecule has 1 aliphatic heterocycles. The van der Waals surface area contributed by atoms with Crippen molar-refractivity contribution in [1.82, 2.24) is 20.1 Å². The van der Waals surface area contributed by atoms with Crippen LogP contribution in [-0.4, -0.2) is 50.2 Å². The lowest BCUT2D eigenvalue weighted by Crippen LogP contribution is -2.28. The number of hydrogen-bond acceptors (Lipinski definition) is 6. The van der Waals surface area contributed by atoms with Gasteiger partial charge in [0.25, 0.3) is 0 Å². The first-order chi connectivity index (χ1) is 11.1. The Bertz CT molecular complexity index is 701. The molecule has 1 atom stereocenters. The van der Waals surface area contributed by atoms with E-state index >= 15 is 0 Å². The van der Waals surface area contributed by atoms with Crippen molar-refractivity contribution >= 4 is 11.9 Å². The minimum Gasteiger partial charge on any atom is -0.481 e. The number of amides is 1. The van der Waals surface area contributed by atoms with Gasteiger partial charge in [-0.1, -0.05) is 0 Å². The molecular weight excluding hydrogens is 300 g/mol. The molecule has 0 aliphatic carbocycles. The normalized spacial score (nSPS) is 17.4. The van der Waals surface area contributed by atoms with Gasteiger partial charge in [-0.05, 0) is 18.6 Å². The maximum absolute atomic E-state index is 11.9. The lowest BCUT2D eigenvalue weighted by Gasteiger charge is -2.14. The fourth-order valence-electron chi connectivity index (χ4n) is 2.57. The minimum atomic E-state index is -0.966. The van der Waals surface area contributed by atoms with Gasteiger partial charge in [0.2, 0.25) is 17.7 Å². The summed E-state index contributed by atoms with van der Waals surface area (Å²) in [4.78, 5) is 28.1. The van der Waals surface area contributed by atoms with Gasteiger partial charge in [-0.25, -0.2) is 0 Å². The summed E-state index contributed by atoms with van der Waals surface area (Å²) in [7, 11) is 0. The topological polar surface area (TPSA) is 109 Å². The van der Waals surface area contributed by atoms with E-state index in [4.69, 9.17) is 9.52 Å². The van der Waals surface area contributed by atoms with Gasteiger partial charge in [0, 0.05) is 31.9 Å². The van der Waals surface area contributed by atoms with Crippen molar-refractivity contribution in [3.8, 4) is 11.5 Å². The van der Waals surface area contributed by atoms with Crippen molar-refractivity contribution in [3.05, 3.63) is 30.4 Å². The average Bonchev–Trinajstić information content (AvgIpc) is 3.22. The molecule has 1 aliphatic rings. The number of carbonyl (C=O) groups excluding carboxylic acids is 1. The third-order valence-electron chi connectivity index (χ3n) is 3.79. The minimum absolute atomic E-state index is 0.0123. The SMILES string of the molecule is O=C(O)CCC(=O)N1CC[C@H](c2nnc(-c3cccnc3)o2)C1. The summed E-state index contributed by atoms with van der Waals surface area (Å²) in [5.41, 5.74) is 0.749. The van der Waals surface area contributed by atoms with Crippen LogP contribution in [-0.2, 0) is 9.59 Å². The smallest absolute Gasteiger partial charge is 0.303 e. The number of pyridine rings is 1. The van der Waals surface area contributed by atoms with Crippen molar-refractivity contribution in [2.24, 2.45) is 0 Å². The summed E-state index contributed by atoms with van der Waals surface area (Å²) in [5, 5.41) is 16.7. The molecule has 1 saturated heterocycles. The molecule has 120 valence electrons. The zero-order valence-corrected chi connectivity index (χ0v) is 12.4. The van der Waals surface area contributed by atoms with Crippen LogP contribution in [0.15, 0.2) is 28.9 Å². The van der Waals surface area contributed by atoms with Gasteiger partial charge < -0.3 is 14.4 Å². The summed E-state index contributed by atoms with van der Waals surface area (Å²) in [6, 6.07) is 3.62. The molecule has 1 N–H and O–H groups in total. The number of hydrogen-bond donors (Lipinski definition) is 1. The van der Waals surface area contributed by atoms with Gasteiger partial charge in [0.05, 0.1) is 17.9 Å². The van der Waals surface area contributed by atoms with Gasteiger partial charge in [0.1, 0.15) is 0 Å². The molecule has 8 heteroatoms. The zero-order chi connectivity index (χ0) is 16.2. The van der Waals surface area contributed by atoms with E-state index in [0.717, 1.165) is 12.0 Å². The van der Waals surface area contributed by atoms with E-state index in [-0.39, 0.29) is 24.7 Å². The molecule has 1 amide bonds. The van der Waals surface area contributed by atoms with Crippen molar-refractivity contribution < 1.29 is 19.1 Å². The largest absolute Gasteiger partial charge is 0.481 e. The third kappa shape index (κ3) is 3.53. The second kappa shape index (κ2) is 6.55. The first-order valence-corrected chi connectivity index (χ1v) is 7.37. The maximum atomic E-state index is 11.9. The Morgan fingerprint density at radius 3 is 2.96 bits per heavy atom. The van der Waals surface area contributed by atoms with Gasteiger partial charge in [-0.15, -0.1) is 10.2 Å². The number of likely N-dealkylation sites (tertiary alicyclic amines) is 1. The Balaban J connectivity index is 1.62. The number of carboxylic acid groups (broad SMARTS) is 1. The summed E-state index contributed by atoms with van der Waals surface area (Å²) in [6.45, 7) is 1.06. The molecule has 0 bridgehead atoms. The monoisotopic (exact) mass is 316 g/mol. The lowest BCUT2D eigenvalue weighted by atomic mass is 10.1. The molecule has 0 unspecified atom stereocenters. The highest BCUT2D eigenvalue weighted by atomic mass is 16.4. The second-order valence-corrected chi connectivity index (χ2v) is 5.41. The molecule has 1 fully saturated rings. The Kier molecular flexibility index (Phi) is 4.31. The Morgan fingerprint density at radius 2 is 2.22 bits per heavy atom. The number of nitrogens with zero attached hydrogens (tertiary/aromatic N) is 4. The number of carbonyl (C=O) groups is 2. The van der Waals surface area contributed by atoms with Crippen LogP contribution in [0.1, 0.15) is 31.1 Å². The Labute approximate surface area is 132 Å². The van der Waals surface area contributed by atoms with E-state index in [2.05, 4.69) is 15.2 Å². The van der Waals surface area contributed by atoms with Crippen LogP contribution in [0, 0.1) is 0 Å². The van der Waals surface area contributed by atoms with E-state index < -0.39 is 5.97 Å². The fourth-order valence-corrected chi connectivity index (χ4v) is 2.57. The molecule has 3 rings (SSSR count). The summed E-state index contributed by atoms with van der Waals surface area (Å²) in [6.07, 6.45) is 3.91. The molecule has 23 heavy (non-hydrogen) atoms. The molecule has 0 radical (unpaired) electrons. The van der Waals surface area contributed by atoms with Crippen LogP contribution in [0.25, 0.3) is 11.5 Å². The van der Waals surface area contributed by atoms with Gasteiger partial charge in [-0.2, -0.15) is 0 Å². The van der Waals surface area contributed by atoms with Gasteiger partial charge in [0.15, 0.2) is 0 Å². The molecule has 0 aromatic carbocycles. The van der Waals surface area contributed by atoms with E-state index in [1.54, 1.807) is 23.4 Å². The molecule has 0 spiro atoms. The maximum Gasteiger partial charge on any atom is 0.303 e. The van der Waals surface area contributed by atoms with Crippen LogP contribution in [0.3, 0.4) is 0 Å². The third-order valence-corrected chi connectivity index (χ3v) is 3.79. The number of aliphatic carboxylic acids is 1. The van der Waals surface area contributed by atoms with Crippen molar-refractivity contribution in [2.75, 3.05) is 13.1 Å².